The first-order valence-electron chi connectivity index (χ1n) is 3.70. The van der Waals surface area contributed by atoms with Gasteiger partial charge in [0, 0.05) is 31.8 Å². The van der Waals surface area contributed by atoms with E-state index in [9.17, 15) is 0 Å². The van der Waals surface area contributed by atoms with Gasteiger partial charge in [-0.25, -0.2) is 0 Å². The van der Waals surface area contributed by atoms with Crippen LogP contribution in [0, 0.1) is 0 Å². The van der Waals surface area contributed by atoms with Crippen LogP contribution in [0.15, 0.2) is 24.8 Å². The molecule has 0 saturated carbocycles. The van der Waals surface area contributed by atoms with Crippen LogP contribution < -0.4 is 16.0 Å². The second-order valence-corrected chi connectivity index (χ2v) is 2.74. The van der Waals surface area contributed by atoms with Crippen molar-refractivity contribution in [2.24, 2.45) is 0 Å². The van der Waals surface area contributed by atoms with Gasteiger partial charge in [0.05, 0.1) is 0 Å². The maximum absolute atomic E-state index is 3.23. The number of rotatable bonds is 1. The molecule has 2 rings (SSSR count). The van der Waals surface area contributed by atoms with E-state index in [2.05, 4.69) is 20.9 Å². The van der Waals surface area contributed by atoms with Crippen molar-refractivity contribution >= 4 is 0 Å². The smallest absolute Gasteiger partial charge is 0.138 e. The fourth-order valence-corrected chi connectivity index (χ4v) is 1.33. The predicted octanol–water partition coefficient (Wildman–Crippen LogP) is -0.691. The Hall–Kier alpha value is -1.32. The molecule has 4 nitrogen and oxygen atoms in total. The Balaban J connectivity index is 1.95. The molecular weight excluding hydrogens is 140 g/mol. The van der Waals surface area contributed by atoms with Crippen molar-refractivity contribution in [2.75, 3.05) is 7.05 Å². The van der Waals surface area contributed by atoms with Crippen LogP contribution >= 0.6 is 0 Å². The van der Waals surface area contributed by atoms with Crippen molar-refractivity contribution in [1.82, 2.24) is 20.9 Å². The molecule has 11 heavy (non-hydrogen) atoms. The highest BCUT2D eigenvalue weighted by Gasteiger charge is 2.25. The zero-order chi connectivity index (χ0) is 7.68. The van der Waals surface area contributed by atoms with E-state index in [0.717, 1.165) is 0 Å². The van der Waals surface area contributed by atoms with Gasteiger partial charge in [-0.05, 0) is 0 Å². The van der Waals surface area contributed by atoms with E-state index in [4.69, 9.17) is 0 Å². The Morgan fingerprint density at radius 2 is 1.82 bits per heavy atom. The summed E-state index contributed by atoms with van der Waals surface area (Å²) in [6.07, 6.45) is 8.38. The number of nitrogens with one attached hydrogen (secondary N) is 3. The topological polar surface area (TPSA) is 39.3 Å². The van der Waals surface area contributed by atoms with Gasteiger partial charge in [0.2, 0.25) is 0 Å². The van der Waals surface area contributed by atoms with Gasteiger partial charge >= 0.3 is 0 Å². The molecule has 2 aliphatic rings. The Bertz CT molecular complexity index is 191. The molecule has 0 spiro atoms. The van der Waals surface area contributed by atoms with Crippen LogP contribution in [-0.2, 0) is 0 Å². The van der Waals surface area contributed by atoms with Crippen LogP contribution in [0.3, 0.4) is 0 Å². The summed E-state index contributed by atoms with van der Waals surface area (Å²) in [6, 6.07) is 0. The van der Waals surface area contributed by atoms with Gasteiger partial charge in [-0.1, -0.05) is 0 Å². The summed E-state index contributed by atoms with van der Waals surface area (Å²) in [5, 5.41) is 9.61. The molecule has 0 saturated heterocycles. The maximum Gasteiger partial charge on any atom is 0.138 e. The quantitative estimate of drug-likeness (QED) is 0.465. The SMILES string of the molecule is CN1C=CNC1C1NC=CN1. The number of likely N-dealkylation sites (N-methyl/N-ethyl adjacent to an activating group) is 1. The van der Waals surface area contributed by atoms with E-state index in [1.807, 2.05) is 31.8 Å². The van der Waals surface area contributed by atoms with Gasteiger partial charge < -0.3 is 20.9 Å². The third-order valence-electron chi connectivity index (χ3n) is 1.97. The van der Waals surface area contributed by atoms with Crippen molar-refractivity contribution in [3.63, 3.8) is 0 Å². The first kappa shape index (κ1) is 6.39. The van der Waals surface area contributed by atoms with Gasteiger partial charge in [-0.15, -0.1) is 0 Å². The fraction of sp³-hybridized carbons (Fsp3) is 0.429. The molecule has 0 aromatic heterocycles. The first-order chi connectivity index (χ1) is 5.38. The summed E-state index contributed by atoms with van der Waals surface area (Å²) in [5.74, 6) is 0. The largest absolute Gasteiger partial charge is 0.367 e. The highest BCUT2D eigenvalue weighted by Crippen LogP contribution is 2.05. The summed E-state index contributed by atoms with van der Waals surface area (Å²) in [4.78, 5) is 2.12. The van der Waals surface area contributed by atoms with E-state index >= 15 is 0 Å². The molecule has 0 aliphatic carbocycles. The van der Waals surface area contributed by atoms with E-state index < -0.39 is 0 Å². The average molecular weight is 152 g/mol. The summed E-state index contributed by atoms with van der Waals surface area (Å²) in [5.41, 5.74) is 0. The number of hydrogen-bond acceptors (Lipinski definition) is 4. The van der Waals surface area contributed by atoms with Crippen LogP contribution in [0.25, 0.3) is 0 Å². The molecule has 60 valence electrons. The van der Waals surface area contributed by atoms with E-state index in [1.54, 1.807) is 0 Å². The van der Waals surface area contributed by atoms with Crippen molar-refractivity contribution in [1.29, 1.82) is 0 Å². The normalized spacial score (nSPS) is 28.5. The monoisotopic (exact) mass is 152 g/mol. The van der Waals surface area contributed by atoms with Gasteiger partial charge in [0.1, 0.15) is 12.3 Å². The van der Waals surface area contributed by atoms with E-state index in [-0.39, 0.29) is 6.17 Å². The lowest BCUT2D eigenvalue weighted by Crippen LogP contribution is -2.53. The summed E-state index contributed by atoms with van der Waals surface area (Å²) in [7, 11) is 2.04. The molecule has 1 atom stereocenters. The van der Waals surface area contributed by atoms with Gasteiger partial charge in [0.15, 0.2) is 0 Å². The summed E-state index contributed by atoms with van der Waals surface area (Å²) >= 11 is 0. The maximum atomic E-state index is 3.23. The molecule has 0 aromatic carbocycles. The Morgan fingerprint density at radius 1 is 1.09 bits per heavy atom. The minimum atomic E-state index is 0.273. The van der Waals surface area contributed by atoms with Gasteiger partial charge in [-0.2, -0.15) is 0 Å². The molecule has 4 heteroatoms. The van der Waals surface area contributed by atoms with Crippen LogP contribution in [0.4, 0.5) is 0 Å². The van der Waals surface area contributed by atoms with Crippen LogP contribution in [-0.4, -0.2) is 24.3 Å². The van der Waals surface area contributed by atoms with Crippen molar-refractivity contribution in [3.05, 3.63) is 24.8 Å². The van der Waals surface area contributed by atoms with Gasteiger partial charge in [0.25, 0.3) is 0 Å². The van der Waals surface area contributed by atoms with Crippen molar-refractivity contribution in [3.8, 4) is 0 Å². The molecule has 0 fully saturated rings. The molecule has 0 bridgehead atoms. The third kappa shape index (κ3) is 1.00. The predicted molar refractivity (Wildman–Crippen MR) is 43.0 cm³/mol. The highest BCUT2D eigenvalue weighted by molar-refractivity contribution is 5.02. The lowest BCUT2D eigenvalue weighted by atomic mass is 10.4. The molecule has 2 heterocycles. The fourth-order valence-electron chi connectivity index (χ4n) is 1.33. The minimum absolute atomic E-state index is 0.273. The molecule has 0 aromatic rings. The second-order valence-electron chi connectivity index (χ2n) is 2.74. The highest BCUT2D eigenvalue weighted by atomic mass is 15.4. The number of nitrogens with zero attached hydrogens (tertiary/aromatic N) is 1. The molecular formula is C7H12N4. The summed E-state index contributed by atoms with van der Waals surface area (Å²) < 4.78 is 0. The second kappa shape index (κ2) is 2.38. The van der Waals surface area contributed by atoms with E-state index in [0.29, 0.717) is 6.17 Å². The summed E-state index contributed by atoms with van der Waals surface area (Å²) in [6.45, 7) is 0. The lowest BCUT2D eigenvalue weighted by molar-refractivity contribution is 0.256. The zero-order valence-corrected chi connectivity index (χ0v) is 6.41. The zero-order valence-electron chi connectivity index (χ0n) is 6.41. The molecule has 0 radical (unpaired) electrons. The van der Waals surface area contributed by atoms with E-state index in [1.165, 1.54) is 0 Å². The average Bonchev–Trinajstić information content (AvgIpc) is 2.55. The lowest BCUT2D eigenvalue weighted by Gasteiger charge is -2.27. The van der Waals surface area contributed by atoms with Crippen molar-refractivity contribution < 1.29 is 0 Å². The van der Waals surface area contributed by atoms with Gasteiger partial charge in [-0.3, -0.25) is 0 Å². The standard InChI is InChI=1S/C7H12N4/c1-11-5-4-10-7(11)6-8-2-3-9-6/h2-10H,1H3. The number of hydrogen-bond donors (Lipinski definition) is 3. The third-order valence-corrected chi connectivity index (χ3v) is 1.97. The Morgan fingerprint density at radius 3 is 2.36 bits per heavy atom. The Kier molecular flexibility index (Phi) is 1.38. The van der Waals surface area contributed by atoms with Crippen LogP contribution in [0.2, 0.25) is 0 Å². The Labute approximate surface area is 65.9 Å². The van der Waals surface area contributed by atoms with Crippen LogP contribution in [0.1, 0.15) is 0 Å². The first-order valence-corrected chi connectivity index (χ1v) is 3.70. The molecule has 3 N–H and O–H groups in total. The molecule has 0 amide bonds. The van der Waals surface area contributed by atoms with Crippen molar-refractivity contribution in [2.45, 2.75) is 12.3 Å². The molecule has 1 unspecified atom stereocenters. The van der Waals surface area contributed by atoms with Crippen LogP contribution in [0.5, 0.6) is 0 Å². The minimum Gasteiger partial charge on any atom is -0.367 e. The molecule has 2 aliphatic heterocycles.